The molecule has 1 aliphatic heterocycles. The quantitative estimate of drug-likeness (QED) is 0.721. The number of hydrogen-bond donors (Lipinski definition) is 2. The smallest absolute Gasteiger partial charge is 0.253 e. The van der Waals surface area contributed by atoms with Crippen molar-refractivity contribution in [3.63, 3.8) is 0 Å². The fourth-order valence-corrected chi connectivity index (χ4v) is 2.60. The van der Waals surface area contributed by atoms with Crippen LogP contribution < -0.4 is 20.1 Å². The summed E-state index contributed by atoms with van der Waals surface area (Å²) in [4.78, 5) is 16.5. The molecule has 3 rings (SSSR count). The van der Waals surface area contributed by atoms with E-state index in [4.69, 9.17) is 9.47 Å². The topological polar surface area (TPSA) is 72.5 Å². The van der Waals surface area contributed by atoms with E-state index < -0.39 is 0 Å². The van der Waals surface area contributed by atoms with Gasteiger partial charge in [0.25, 0.3) is 5.91 Å². The molecule has 0 aliphatic carbocycles. The number of ether oxygens (including phenoxy) is 2. The highest BCUT2D eigenvalue weighted by atomic mass is 16.7. The summed E-state index contributed by atoms with van der Waals surface area (Å²) in [6.07, 6.45) is 6.79. The van der Waals surface area contributed by atoms with E-state index in [1.807, 2.05) is 24.3 Å². The summed E-state index contributed by atoms with van der Waals surface area (Å²) in [6.45, 7) is 3.73. The lowest BCUT2D eigenvalue weighted by atomic mass is 10.2. The Kier molecular flexibility index (Phi) is 5.72. The van der Waals surface area contributed by atoms with Crippen molar-refractivity contribution in [3.05, 3.63) is 47.8 Å². The number of pyridine rings is 1. The molecule has 0 spiro atoms. The van der Waals surface area contributed by atoms with Gasteiger partial charge in [-0.05, 0) is 30.2 Å². The number of carbonyl (C=O) groups is 1. The third-order valence-corrected chi connectivity index (χ3v) is 4.00. The molecule has 2 heterocycles. The minimum Gasteiger partial charge on any atom is -0.454 e. The van der Waals surface area contributed by atoms with E-state index in [1.165, 1.54) is 12.8 Å². The zero-order chi connectivity index (χ0) is 17.5. The number of rotatable bonds is 8. The molecule has 6 nitrogen and oxygen atoms in total. The second kappa shape index (κ2) is 8.37. The van der Waals surface area contributed by atoms with Crippen LogP contribution in [0.15, 0.2) is 36.7 Å². The minimum atomic E-state index is -0.151. The molecule has 0 bridgehead atoms. The van der Waals surface area contributed by atoms with E-state index in [0.717, 1.165) is 30.0 Å². The normalized spacial score (nSPS) is 12.0. The lowest BCUT2D eigenvalue weighted by molar-refractivity contribution is 0.0950. The van der Waals surface area contributed by atoms with Crippen LogP contribution in [-0.4, -0.2) is 24.2 Å². The summed E-state index contributed by atoms with van der Waals surface area (Å²) in [5, 5.41) is 6.21. The summed E-state index contributed by atoms with van der Waals surface area (Å²) in [7, 11) is 0. The molecule has 0 saturated heterocycles. The first-order chi connectivity index (χ1) is 12.3. The fraction of sp³-hybridized carbons (Fsp3) is 0.368. The van der Waals surface area contributed by atoms with Crippen molar-refractivity contribution in [2.45, 2.75) is 32.7 Å². The van der Waals surface area contributed by atoms with Gasteiger partial charge < -0.3 is 20.1 Å². The van der Waals surface area contributed by atoms with E-state index in [0.29, 0.717) is 17.9 Å². The number of nitrogens with zero attached hydrogens (tertiary/aromatic N) is 1. The number of unbranched alkanes of at least 4 members (excludes halogenated alkanes) is 2. The summed E-state index contributed by atoms with van der Waals surface area (Å²) in [6, 6.07) is 7.48. The molecule has 25 heavy (non-hydrogen) atoms. The average Bonchev–Trinajstić information content (AvgIpc) is 3.11. The summed E-state index contributed by atoms with van der Waals surface area (Å²) < 4.78 is 10.6. The lowest BCUT2D eigenvalue weighted by Crippen LogP contribution is -2.23. The Labute approximate surface area is 147 Å². The van der Waals surface area contributed by atoms with Crippen LogP contribution in [0, 0.1) is 0 Å². The third-order valence-electron chi connectivity index (χ3n) is 4.00. The predicted octanol–water partition coefficient (Wildman–Crippen LogP) is 3.34. The van der Waals surface area contributed by atoms with Crippen molar-refractivity contribution in [1.29, 1.82) is 0 Å². The average molecular weight is 341 g/mol. The highest BCUT2D eigenvalue weighted by molar-refractivity contribution is 5.94. The molecule has 0 unspecified atom stereocenters. The van der Waals surface area contributed by atoms with E-state index in [9.17, 15) is 4.79 Å². The van der Waals surface area contributed by atoms with Crippen molar-refractivity contribution in [2.75, 3.05) is 18.7 Å². The second-order valence-corrected chi connectivity index (χ2v) is 5.97. The van der Waals surface area contributed by atoms with E-state index in [1.54, 1.807) is 12.4 Å². The number of hydrogen-bond acceptors (Lipinski definition) is 5. The van der Waals surface area contributed by atoms with Gasteiger partial charge in [-0.15, -0.1) is 0 Å². The van der Waals surface area contributed by atoms with Gasteiger partial charge in [0.1, 0.15) is 0 Å². The molecular formula is C19H23N3O3. The van der Waals surface area contributed by atoms with Gasteiger partial charge >= 0.3 is 0 Å². The summed E-state index contributed by atoms with van der Waals surface area (Å²) in [5.41, 5.74) is 2.37. The maximum Gasteiger partial charge on any atom is 0.253 e. The molecule has 1 aliphatic rings. The monoisotopic (exact) mass is 341 g/mol. The van der Waals surface area contributed by atoms with E-state index >= 15 is 0 Å². The largest absolute Gasteiger partial charge is 0.454 e. The highest BCUT2D eigenvalue weighted by Crippen LogP contribution is 2.32. The van der Waals surface area contributed by atoms with Gasteiger partial charge in [-0.3, -0.25) is 9.78 Å². The molecule has 2 N–H and O–H groups in total. The molecule has 1 amide bonds. The maximum atomic E-state index is 12.3. The molecule has 0 fully saturated rings. The standard InChI is InChI=1S/C19H23N3O3/c1-2-3-4-7-21-16-9-15(11-20-12-16)19(23)22-10-14-5-6-17-18(8-14)25-13-24-17/h5-6,8-9,11-12,21H,2-4,7,10,13H2,1H3,(H,22,23). The van der Waals surface area contributed by atoms with Crippen molar-refractivity contribution in [2.24, 2.45) is 0 Å². The van der Waals surface area contributed by atoms with Gasteiger partial charge in [0.05, 0.1) is 11.3 Å². The van der Waals surface area contributed by atoms with Gasteiger partial charge in [-0.1, -0.05) is 25.8 Å². The number of benzene rings is 1. The SMILES string of the molecule is CCCCCNc1cncc(C(=O)NCc2ccc3c(c2)OCO3)c1. The number of amides is 1. The zero-order valence-electron chi connectivity index (χ0n) is 14.4. The van der Waals surface area contributed by atoms with Crippen LogP contribution in [0.3, 0.4) is 0 Å². The maximum absolute atomic E-state index is 12.3. The van der Waals surface area contributed by atoms with Crippen molar-refractivity contribution >= 4 is 11.6 Å². The fourth-order valence-electron chi connectivity index (χ4n) is 2.60. The first-order valence-electron chi connectivity index (χ1n) is 8.62. The Hall–Kier alpha value is -2.76. The highest BCUT2D eigenvalue weighted by Gasteiger charge is 2.14. The van der Waals surface area contributed by atoms with Crippen LogP contribution in [0.1, 0.15) is 42.1 Å². The van der Waals surface area contributed by atoms with Gasteiger partial charge in [0.15, 0.2) is 11.5 Å². The Morgan fingerprint density at radius 3 is 2.92 bits per heavy atom. The van der Waals surface area contributed by atoms with Crippen LogP contribution >= 0.6 is 0 Å². The number of carbonyl (C=O) groups excluding carboxylic acids is 1. The Bertz CT molecular complexity index is 734. The molecule has 0 atom stereocenters. The van der Waals surface area contributed by atoms with Crippen LogP contribution in [-0.2, 0) is 6.54 Å². The van der Waals surface area contributed by atoms with Crippen LogP contribution in [0.25, 0.3) is 0 Å². The summed E-state index contributed by atoms with van der Waals surface area (Å²) in [5.74, 6) is 1.30. The van der Waals surface area contributed by atoms with Gasteiger partial charge in [-0.25, -0.2) is 0 Å². The van der Waals surface area contributed by atoms with Crippen molar-refractivity contribution < 1.29 is 14.3 Å². The second-order valence-electron chi connectivity index (χ2n) is 5.97. The van der Waals surface area contributed by atoms with Gasteiger partial charge in [0.2, 0.25) is 6.79 Å². The molecule has 0 radical (unpaired) electrons. The molecule has 6 heteroatoms. The Morgan fingerprint density at radius 1 is 1.16 bits per heavy atom. The van der Waals surface area contributed by atoms with Crippen LogP contribution in [0.2, 0.25) is 0 Å². The van der Waals surface area contributed by atoms with Crippen molar-refractivity contribution in [1.82, 2.24) is 10.3 Å². The third kappa shape index (κ3) is 4.62. The number of fused-ring (bicyclic) bond motifs is 1. The lowest BCUT2D eigenvalue weighted by Gasteiger charge is -2.09. The van der Waals surface area contributed by atoms with Gasteiger partial charge in [0, 0.05) is 25.5 Å². The molecule has 1 aromatic carbocycles. The Morgan fingerprint density at radius 2 is 2.04 bits per heavy atom. The van der Waals surface area contributed by atoms with E-state index in [-0.39, 0.29) is 12.7 Å². The molecule has 2 aromatic rings. The first-order valence-corrected chi connectivity index (χ1v) is 8.62. The number of anilines is 1. The molecular weight excluding hydrogens is 318 g/mol. The minimum absolute atomic E-state index is 0.151. The van der Waals surface area contributed by atoms with Crippen molar-refractivity contribution in [3.8, 4) is 11.5 Å². The zero-order valence-corrected chi connectivity index (χ0v) is 14.4. The first kappa shape index (κ1) is 17.1. The van der Waals surface area contributed by atoms with E-state index in [2.05, 4.69) is 22.5 Å². The van der Waals surface area contributed by atoms with Gasteiger partial charge in [-0.2, -0.15) is 0 Å². The summed E-state index contributed by atoms with van der Waals surface area (Å²) >= 11 is 0. The predicted molar refractivity (Wildman–Crippen MR) is 96.0 cm³/mol. The molecule has 1 aromatic heterocycles. The molecule has 132 valence electrons. The Balaban J connectivity index is 1.54. The van der Waals surface area contributed by atoms with Crippen LogP contribution in [0.5, 0.6) is 11.5 Å². The number of aromatic nitrogens is 1. The van der Waals surface area contributed by atoms with Crippen LogP contribution in [0.4, 0.5) is 5.69 Å². The number of nitrogens with one attached hydrogen (secondary N) is 2. The molecule has 0 saturated carbocycles.